The van der Waals surface area contributed by atoms with Gasteiger partial charge in [0, 0.05) is 4.90 Å². The van der Waals surface area contributed by atoms with E-state index in [0.29, 0.717) is 18.4 Å². The second-order valence-electron chi connectivity index (χ2n) is 3.85. The van der Waals surface area contributed by atoms with Crippen LogP contribution in [0.3, 0.4) is 0 Å². The number of hydrogen-bond acceptors (Lipinski definition) is 3. The molecule has 0 saturated heterocycles. The molecule has 1 aromatic carbocycles. The molecule has 0 bridgehead atoms. The average molecular weight is 267 g/mol. The Labute approximate surface area is 111 Å². The van der Waals surface area contributed by atoms with E-state index >= 15 is 0 Å². The summed E-state index contributed by atoms with van der Waals surface area (Å²) >= 11 is 1.46. The fourth-order valence-electron chi connectivity index (χ4n) is 1.61. The van der Waals surface area contributed by atoms with Crippen molar-refractivity contribution in [1.82, 2.24) is 5.32 Å². The van der Waals surface area contributed by atoms with Crippen molar-refractivity contribution in [2.24, 2.45) is 0 Å². The highest BCUT2D eigenvalue weighted by Crippen LogP contribution is 2.19. The Hall–Kier alpha value is -1.49. The fourth-order valence-corrected chi connectivity index (χ4v) is 2.21. The maximum absolute atomic E-state index is 12.0. The molecule has 1 amide bonds. The van der Waals surface area contributed by atoms with Gasteiger partial charge in [0.15, 0.2) is 0 Å². The molecule has 5 heteroatoms. The molecule has 1 rings (SSSR count). The van der Waals surface area contributed by atoms with Crippen molar-refractivity contribution in [3.05, 3.63) is 29.8 Å². The third kappa shape index (κ3) is 3.77. The van der Waals surface area contributed by atoms with Crippen molar-refractivity contribution in [2.45, 2.75) is 30.7 Å². The van der Waals surface area contributed by atoms with Crippen molar-refractivity contribution >= 4 is 23.6 Å². The summed E-state index contributed by atoms with van der Waals surface area (Å²) in [6.45, 7) is 1.89. The van der Waals surface area contributed by atoms with E-state index in [4.69, 9.17) is 5.11 Å². The van der Waals surface area contributed by atoms with Crippen LogP contribution in [0.15, 0.2) is 29.2 Å². The lowest BCUT2D eigenvalue weighted by Gasteiger charge is -2.14. The van der Waals surface area contributed by atoms with Gasteiger partial charge in [0.2, 0.25) is 0 Å². The van der Waals surface area contributed by atoms with Gasteiger partial charge in [-0.2, -0.15) is 0 Å². The molecule has 0 fully saturated rings. The van der Waals surface area contributed by atoms with Gasteiger partial charge in [-0.05, 0) is 24.8 Å². The predicted molar refractivity (Wildman–Crippen MR) is 72.0 cm³/mol. The van der Waals surface area contributed by atoms with Crippen LogP contribution in [0.2, 0.25) is 0 Å². The van der Waals surface area contributed by atoms with E-state index in [1.54, 1.807) is 12.1 Å². The van der Waals surface area contributed by atoms with Gasteiger partial charge in [0.25, 0.3) is 5.91 Å². The first-order valence-electron chi connectivity index (χ1n) is 5.76. The van der Waals surface area contributed by atoms with Crippen molar-refractivity contribution in [1.29, 1.82) is 0 Å². The highest BCUT2D eigenvalue weighted by molar-refractivity contribution is 7.98. The largest absolute Gasteiger partial charge is 0.480 e. The fraction of sp³-hybridized carbons (Fsp3) is 0.385. The number of carboxylic acid groups (broad SMARTS) is 1. The summed E-state index contributed by atoms with van der Waals surface area (Å²) in [4.78, 5) is 23.9. The molecule has 0 aromatic heterocycles. The number of carboxylic acids is 1. The van der Waals surface area contributed by atoms with Crippen molar-refractivity contribution < 1.29 is 14.7 Å². The van der Waals surface area contributed by atoms with Crippen LogP contribution in [-0.2, 0) is 4.79 Å². The van der Waals surface area contributed by atoms with Gasteiger partial charge in [-0.25, -0.2) is 4.79 Å². The molecule has 1 atom stereocenters. The van der Waals surface area contributed by atoms with Gasteiger partial charge in [-0.3, -0.25) is 4.79 Å². The summed E-state index contributed by atoms with van der Waals surface area (Å²) in [6, 6.07) is 6.34. The van der Waals surface area contributed by atoms with Crippen LogP contribution in [0.4, 0.5) is 0 Å². The zero-order valence-electron chi connectivity index (χ0n) is 10.5. The number of carbonyl (C=O) groups excluding carboxylic acids is 1. The van der Waals surface area contributed by atoms with Gasteiger partial charge in [0.05, 0.1) is 5.56 Å². The Bertz CT molecular complexity index is 434. The summed E-state index contributed by atoms with van der Waals surface area (Å²) in [5.74, 6) is -1.33. The summed E-state index contributed by atoms with van der Waals surface area (Å²) in [5, 5.41) is 11.6. The smallest absolute Gasteiger partial charge is 0.326 e. The third-order valence-corrected chi connectivity index (χ3v) is 3.33. The Kier molecular flexibility index (Phi) is 5.71. The number of thioether (sulfide) groups is 1. The Morgan fingerprint density at radius 3 is 2.61 bits per heavy atom. The third-order valence-electron chi connectivity index (χ3n) is 2.53. The maximum atomic E-state index is 12.0. The lowest BCUT2D eigenvalue weighted by Crippen LogP contribution is -2.40. The molecule has 0 aliphatic carbocycles. The minimum Gasteiger partial charge on any atom is -0.480 e. The highest BCUT2D eigenvalue weighted by atomic mass is 32.2. The number of amides is 1. The van der Waals surface area contributed by atoms with Crippen LogP contribution in [0.5, 0.6) is 0 Å². The van der Waals surface area contributed by atoms with Crippen molar-refractivity contribution in [3.63, 3.8) is 0 Å². The zero-order valence-corrected chi connectivity index (χ0v) is 11.3. The molecule has 0 aliphatic rings. The lowest BCUT2D eigenvalue weighted by atomic mass is 10.1. The van der Waals surface area contributed by atoms with Crippen LogP contribution in [0.1, 0.15) is 30.1 Å². The van der Waals surface area contributed by atoms with Gasteiger partial charge < -0.3 is 10.4 Å². The van der Waals surface area contributed by atoms with Gasteiger partial charge in [-0.15, -0.1) is 11.8 Å². The van der Waals surface area contributed by atoms with Crippen LogP contribution in [0, 0.1) is 0 Å². The quantitative estimate of drug-likeness (QED) is 0.777. The molecular weight excluding hydrogens is 250 g/mol. The number of carbonyl (C=O) groups is 2. The first-order valence-corrected chi connectivity index (χ1v) is 6.99. The standard InChI is InChI=1S/C13H17NO3S/c1-3-6-10(13(16)17)14-12(15)9-7-4-5-8-11(9)18-2/h4-5,7-8,10H,3,6H2,1-2H3,(H,14,15)(H,16,17)/t10-/m0/s1. The minimum atomic E-state index is -0.994. The molecule has 0 unspecified atom stereocenters. The monoisotopic (exact) mass is 267 g/mol. The summed E-state index contributed by atoms with van der Waals surface area (Å²) in [5.41, 5.74) is 0.521. The van der Waals surface area contributed by atoms with E-state index in [-0.39, 0.29) is 5.91 Å². The molecule has 0 spiro atoms. The number of rotatable bonds is 6. The van der Waals surface area contributed by atoms with E-state index in [9.17, 15) is 9.59 Å². The minimum absolute atomic E-state index is 0.333. The SMILES string of the molecule is CCC[C@H](NC(=O)c1ccccc1SC)C(=O)O. The zero-order chi connectivity index (χ0) is 13.5. The summed E-state index contributed by atoms with van der Waals surface area (Å²) in [7, 11) is 0. The Morgan fingerprint density at radius 1 is 1.39 bits per heavy atom. The lowest BCUT2D eigenvalue weighted by molar-refractivity contribution is -0.139. The van der Waals surface area contributed by atoms with E-state index < -0.39 is 12.0 Å². The maximum Gasteiger partial charge on any atom is 0.326 e. The van der Waals surface area contributed by atoms with Crippen LogP contribution >= 0.6 is 11.8 Å². The first-order chi connectivity index (χ1) is 8.60. The molecule has 2 N–H and O–H groups in total. The Morgan fingerprint density at radius 2 is 2.06 bits per heavy atom. The summed E-state index contributed by atoms with van der Waals surface area (Å²) < 4.78 is 0. The topological polar surface area (TPSA) is 66.4 Å². The molecule has 98 valence electrons. The second kappa shape index (κ2) is 7.06. The molecule has 0 heterocycles. The van der Waals surface area contributed by atoms with E-state index in [2.05, 4.69) is 5.32 Å². The second-order valence-corrected chi connectivity index (χ2v) is 4.70. The molecule has 0 aliphatic heterocycles. The number of benzene rings is 1. The van der Waals surface area contributed by atoms with Gasteiger partial charge >= 0.3 is 5.97 Å². The van der Waals surface area contributed by atoms with Crippen molar-refractivity contribution in [2.75, 3.05) is 6.26 Å². The number of hydrogen-bond donors (Lipinski definition) is 2. The highest BCUT2D eigenvalue weighted by Gasteiger charge is 2.20. The first kappa shape index (κ1) is 14.6. The Balaban J connectivity index is 2.83. The molecular formula is C13H17NO3S. The number of nitrogens with one attached hydrogen (secondary N) is 1. The molecule has 18 heavy (non-hydrogen) atoms. The normalized spacial score (nSPS) is 11.9. The van der Waals surface area contributed by atoms with Gasteiger partial charge in [0.1, 0.15) is 6.04 Å². The molecule has 1 aromatic rings. The molecule has 0 radical (unpaired) electrons. The van der Waals surface area contributed by atoms with Crippen LogP contribution in [-0.4, -0.2) is 29.3 Å². The average Bonchev–Trinajstić information content (AvgIpc) is 2.37. The van der Waals surface area contributed by atoms with Crippen LogP contribution < -0.4 is 5.32 Å². The van der Waals surface area contributed by atoms with Crippen molar-refractivity contribution in [3.8, 4) is 0 Å². The van der Waals surface area contributed by atoms with E-state index in [1.165, 1.54) is 11.8 Å². The van der Waals surface area contributed by atoms with E-state index in [0.717, 1.165) is 4.90 Å². The van der Waals surface area contributed by atoms with Gasteiger partial charge in [-0.1, -0.05) is 25.5 Å². The predicted octanol–water partition coefficient (Wildman–Crippen LogP) is 2.39. The summed E-state index contributed by atoms with van der Waals surface area (Å²) in [6.07, 6.45) is 3.02. The van der Waals surface area contributed by atoms with Crippen LogP contribution in [0.25, 0.3) is 0 Å². The van der Waals surface area contributed by atoms with E-state index in [1.807, 2.05) is 25.3 Å². The molecule has 4 nitrogen and oxygen atoms in total. The number of aliphatic carboxylic acids is 1. The molecule has 0 saturated carbocycles.